The van der Waals surface area contributed by atoms with Crippen LogP contribution in [0.1, 0.15) is 0 Å². The van der Waals surface area contributed by atoms with Crippen LogP contribution in [0.5, 0.6) is 0 Å². The molecular weight excluding hydrogens is 353 g/mol. The van der Waals surface area contributed by atoms with Gasteiger partial charge in [0, 0.05) is 31.0 Å². The zero-order chi connectivity index (χ0) is 18.8. The van der Waals surface area contributed by atoms with Crippen LogP contribution in [-0.4, -0.2) is 47.0 Å². The number of halogens is 1. The van der Waals surface area contributed by atoms with Gasteiger partial charge in [-0.1, -0.05) is 12.1 Å². The van der Waals surface area contributed by atoms with Crippen molar-refractivity contribution in [2.75, 3.05) is 26.3 Å². The van der Waals surface area contributed by atoms with E-state index in [9.17, 15) is 14.0 Å². The Labute approximate surface area is 153 Å². The predicted molar refractivity (Wildman–Crippen MR) is 94.8 cm³/mol. The van der Waals surface area contributed by atoms with Gasteiger partial charge in [-0.2, -0.15) is 0 Å². The van der Waals surface area contributed by atoms with Crippen molar-refractivity contribution in [2.24, 2.45) is 0 Å². The Balaban J connectivity index is 1.89. The molecule has 0 N–H and O–H groups in total. The van der Waals surface area contributed by atoms with Gasteiger partial charge >= 0.3 is 11.7 Å². The Hall–Kier alpha value is -3.26. The molecule has 3 heterocycles. The highest BCUT2D eigenvalue weighted by Crippen LogP contribution is 2.30. The molecular formula is C19H16FN3O4. The number of benzene rings is 1. The molecule has 0 aliphatic carbocycles. The number of aromatic nitrogens is 2. The molecule has 4 rings (SSSR count). The van der Waals surface area contributed by atoms with Gasteiger partial charge in [0.1, 0.15) is 11.5 Å². The van der Waals surface area contributed by atoms with Gasteiger partial charge in [-0.05, 0) is 29.8 Å². The summed E-state index contributed by atoms with van der Waals surface area (Å²) in [7, 11) is 0. The van der Waals surface area contributed by atoms with E-state index in [0.717, 1.165) is 4.74 Å². The maximum absolute atomic E-state index is 13.3. The largest absolute Gasteiger partial charge is 0.378 e. The average molecular weight is 369 g/mol. The predicted octanol–water partition coefficient (Wildman–Crippen LogP) is 2.61. The average Bonchev–Trinajstić information content (AvgIpc) is 3.06. The maximum atomic E-state index is 13.3. The standard InChI is InChI=1S/C19H16FN3O4/c20-15-3-1-13(2-4-15)16-17(14-5-7-21-8-6-14)23(27-18(16)24)19(25)22-9-11-26-12-10-22/h1-8H,9-12H2. The van der Waals surface area contributed by atoms with Crippen LogP contribution in [0.2, 0.25) is 0 Å². The van der Waals surface area contributed by atoms with E-state index < -0.39 is 17.5 Å². The molecule has 1 aliphatic rings. The van der Waals surface area contributed by atoms with Gasteiger partial charge in [0.05, 0.1) is 18.8 Å². The summed E-state index contributed by atoms with van der Waals surface area (Å²) in [6, 6.07) is 8.39. The van der Waals surface area contributed by atoms with Crippen molar-refractivity contribution in [2.45, 2.75) is 0 Å². The molecule has 27 heavy (non-hydrogen) atoms. The van der Waals surface area contributed by atoms with E-state index in [2.05, 4.69) is 4.98 Å². The minimum Gasteiger partial charge on any atom is -0.378 e. The van der Waals surface area contributed by atoms with Gasteiger partial charge in [0.2, 0.25) is 0 Å². The molecule has 138 valence electrons. The second-order valence-electron chi connectivity index (χ2n) is 6.02. The van der Waals surface area contributed by atoms with Crippen molar-refractivity contribution in [3.05, 3.63) is 65.0 Å². The number of hydrogen-bond acceptors (Lipinski definition) is 5. The molecule has 1 amide bonds. The number of hydrogen-bond donors (Lipinski definition) is 0. The number of rotatable bonds is 2. The first-order valence-electron chi connectivity index (χ1n) is 8.45. The third-order valence-corrected chi connectivity index (χ3v) is 4.36. The van der Waals surface area contributed by atoms with Gasteiger partial charge in [-0.15, -0.1) is 4.74 Å². The fourth-order valence-electron chi connectivity index (χ4n) is 3.03. The molecule has 0 radical (unpaired) electrons. The van der Waals surface area contributed by atoms with Crippen molar-refractivity contribution in [3.8, 4) is 22.4 Å². The van der Waals surface area contributed by atoms with Crippen molar-refractivity contribution >= 4 is 6.03 Å². The smallest absolute Gasteiger partial charge is 0.366 e. The number of pyridine rings is 1. The van der Waals surface area contributed by atoms with E-state index in [4.69, 9.17) is 9.26 Å². The van der Waals surface area contributed by atoms with E-state index in [0.29, 0.717) is 43.1 Å². The summed E-state index contributed by atoms with van der Waals surface area (Å²) in [5, 5.41) is 0. The Bertz CT molecular complexity index is 1010. The van der Waals surface area contributed by atoms with E-state index >= 15 is 0 Å². The third kappa shape index (κ3) is 3.26. The second kappa shape index (κ2) is 7.16. The molecule has 8 heteroatoms. The van der Waals surface area contributed by atoms with Crippen LogP contribution >= 0.6 is 0 Å². The molecule has 2 aromatic heterocycles. The highest BCUT2D eigenvalue weighted by molar-refractivity contribution is 5.88. The topological polar surface area (TPSA) is 77.6 Å². The summed E-state index contributed by atoms with van der Waals surface area (Å²) < 4.78 is 24.9. The summed E-state index contributed by atoms with van der Waals surface area (Å²) >= 11 is 0. The lowest BCUT2D eigenvalue weighted by atomic mass is 10.0. The van der Waals surface area contributed by atoms with Crippen LogP contribution < -0.4 is 5.63 Å². The summed E-state index contributed by atoms with van der Waals surface area (Å²) in [5.74, 6) is -0.419. The summed E-state index contributed by atoms with van der Waals surface area (Å²) in [6.07, 6.45) is 3.12. The minimum atomic E-state index is -0.671. The van der Waals surface area contributed by atoms with Gasteiger partial charge in [-0.3, -0.25) is 4.98 Å². The lowest BCUT2D eigenvalue weighted by molar-refractivity contribution is 0.0484. The molecule has 0 spiro atoms. The second-order valence-corrected chi connectivity index (χ2v) is 6.02. The molecule has 7 nitrogen and oxygen atoms in total. The van der Waals surface area contributed by atoms with Crippen molar-refractivity contribution in [1.29, 1.82) is 0 Å². The Morgan fingerprint density at radius 2 is 1.67 bits per heavy atom. The Kier molecular flexibility index (Phi) is 4.55. The number of carbonyl (C=O) groups excluding carboxylic acids is 1. The number of amides is 1. The lowest BCUT2D eigenvalue weighted by Gasteiger charge is -2.26. The molecule has 1 aromatic carbocycles. The Morgan fingerprint density at radius 1 is 1.00 bits per heavy atom. The van der Waals surface area contributed by atoms with Crippen molar-refractivity contribution in [3.63, 3.8) is 0 Å². The molecule has 1 fully saturated rings. The fourth-order valence-corrected chi connectivity index (χ4v) is 3.03. The minimum absolute atomic E-state index is 0.197. The zero-order valence-electron chi connectivity index (χ0n) is 14.3. The van der Waals surface area contributed by atoms with Crippen LogP contribution in [0.3, 0.4) is 0 Å². The normalized spacial score (nSPS) is 14.3. The summed E-state index contributed by atoms with van der Waals surface area (Å²) in [6.45, 7) is 1.66. The first-order valence-corrected chi connectivity index (χ1v) is 8.45. The van der Waals surface area contributed by atoms with Crippen LogP contribution in [0.15, 0.2) is 58.1 Å². The molecule has 0 atom stereocenters. The quantitative estimate of drug-likeness (QED) is 0.694. The lowest BCUT2D eigenvalue weighted by Crippen LogP contribution is -2.43. The molecule has 0 unspecified atom stereocenters. The fraction of sp³-hybridized carbons (Fsp3) is 0.211. The number of ether oxygens (including phenoxy) is 1. The monoisotopic (exact) mass is 369 g/mol. The molecule has 3 aromatic rings. The van der Waals surface area contributed by atoms with Crippen LogP contribution in [0, 0.1) is 5.82 Å². The molecule has 0 bridgehead atoms. The van der Waals surface area contributed by atoms with Crippen LogP contribution in [0.4, 0.5) is 9.18 Å². The highest BCUT2D eigenvalue weighted by atomic mass is 19.1. The van der Waals surface area contributed by atoms with Gasteiger partial charge < -0.3 is 14.2 Å². The molecule has 0 saturated carbocycles. The van der Waals surface area contributed by atoms with Crippen molar-refractivity contribution < 1.29 is 18.4 Å². The van der Waals surface area contributed by atoms with Gasteiger partial charge in [0.15, 0.2) is 0 Å². The van der Waals surface area contributed by atoms with Crippen LogP contribution in [0.25, 0.3) is 22.4 Å². The van der Waals surface area contributed by atoms with Gasteiger partial charge in [0.25, 0.3) is 0 Å². The Morgan fingerprint density at radius 3 is 2.33 bits per heavy atom. The van der Waals surface area contributed by atoms with E-state index in [1.54, 1.807) is 29.4 Å². The highest BCUT2D eigenvalue weighted by Gasteiger charge is 2.28. The first kappa shape index (κ1) is 17.2. The maximum Gasteiger partial charge on any atom is 0.366 e. The third-order valence-electron chi connectivity index (χ3n) is 4.36. The molecule has 1 aliphatic heterocycles. The van der Waals surface area contributed by atoms with Gasteiger partial charge in [-0.25, -0.2) is 14.0 Å². The number of carbonyl (C=O) groups is 1. The van der Waals surface area contributed by atoms with E-state index in [1.807, 2.05) is 0 Å². The van der Waals surface area contributed by atoms with E-state index in [1.165, 1.54) is 24.3 Å². The zero-order valence-corrected chi connectivity index (χ0v) is 14.3. The SMILES string of the molecule is O=C(N1CCOCC1)n1oc(=O)c(-c2ccc(F)cc2)c1-c1ccncc1. The first-order chi connectivity index (χ1) is 13.1. The molecule has 1 saturated heterocycles. The summed E-state index contributed by atoms with van der Waals surface area (Å²) in [4.78, 5) is 31.1. The number of morpholine rings is 1. The summed E-state index contributed by atoms with van der Waals surface area (Å²) in [5.41, 5.74) is 0.894. The van der Waals surface area contributed by atoms with Crippen LogP contribution in [-0.2, 0) is 4.74 Å². The number of nitrogens with zero attached hydrogens (tertiary/aromatic N) is 3. The van der Waals surface area contributed by atoms with Crippen molar-refractivity contribution in [1.82, 2.24) is 14.6 Å². The van der Waals surface area contributed by atoms with E-state index in [-0.39, 0.29) is 5.56 Å².